The van der Waals surface area contributed by atoms with Crippen LogP contribution in [0.5, 0.6) is 11.7 Å². The van der Waals surface area contributed by atoms with E-state index in [1.807, 2.05) is 13.8 Å². The minimum absolute atomic E-state index is 0.0220. The Labute approximate surface area is 237 Å². The third-order valence-electron chi connectivity index (χ3n) is 7.29. The van der Waals surface area contributed by atoms with Crippen molar-refractivity contribution in [1.82, 2.24) is 19.5 Å². The number of sulfonamides is 1. The second-order valence-corrected chi connectivity index (χ2v) is 12.5. The number of benzene rings is 1. The molecule has 2 fully saturated rings. The molecular formula is C28H32N4O8S. The van der Waals surface area contributed by atoms with Crippen LogP contribution in [0.15, 0.2) is 53.2 Å². The van der Waals surface area contributed by atoms with Gasteiger partial charge in [0.1, 0.15) is 12.1 Å². The second kappa shape index (κ2) is 11.5. The van der Waals surface area contributed by atoms with Crippen molar-refractivity contribution >= 4 is 38.8 Å². The number of nitrogens with zero attached hydrogens (tertiary/aromatic N) is 3. The third-order valence-corrected chi connectivity index (χ3v) is 9.10. The van der Waals surface area contributed by atoms with Gasteiger partial charge in [0.2, 0.25) is 15.9 Å². The van der Waals surface area contributed by atoms with E-state index < -0.39 is 40.1 Å². The zero-order valence-corrected chi connectivity index (χ0v) is 23.8. The highest BCUT2D eigenvalue weighted by molar-refractivity contribution is 7.88. The maximum Gasteiger partial charge on any atom is 0.415 e. The van der Waals surface area contributed by atoms with Crippen molar-refractivity contribution in [3.63, 3.8) is 0 Å². The van der Waals surface area contributed by atoms with Crippen molar-refractivity contribution in [2.45, 2.75) is 50.6 Å². The van der Waals surface area contributed by atoms with Gasteiger partial charge in [0, 0.05) is 30.4 Å². The van der Waals surface area contributed by atoms with Crippen LogP contribution in [-0.2, 0) is 25.4 Å². The number of carbonyl (C=O) groups is 3. The molecule has 2 aliphatic heterocycles. The first-order valence-corrected chi connectivity index (χ1v) is 14.9. The maximum atomic E-state index is 13.7. The van der Waals surface area contributed by atoms with E-state index in [-0.39, 0.29) is 42.9 Å². The molecule has 2 aliphatic rings. The molecule has 0 aliphatic carbocycles. The molecule has 2 amide bonds. The van der Waals surface area contributed by atoms with E-state index in [0.717, 1.165) is 0 Å². The first kappa shape index (κ1) is 28.6. The van der Waals surface area contributed by atoms with Gasteiger partial charge < -0.3 is 24.1 Å². The summed E-state index contributed by atoms with van der Waals surface area (Å²) in [4.78, 5) is 45.0. The number of aromatic nitrogens is 1. The Morgan fingerprint density at radius 3 is 2.73 bits per heavy atom. The number of ether oxygens (including phenoxy) is 2. The summed E-state index contributed by atoms with van der Waals surface area (Å²) in [6, 6.07) is 7.55. The molecule has 0 spiro atoms. The van der Waals surface area contributed by atoms with E-state index in [4.69, 9.17) is 13.9 Å². The van der Waals surface area contributed by atoms with Gasteiger partial charge in [-0.2, -0.15) is 4.31 Å². The molecule has 5 rings (SSSR count). The summed E-state index contributed by atoms with van der Waals surface area (Å²) in [5, 5.41) is 3.30. The minimum atomic E-state index is -3.83. The average molecular weight is 585 g/mol. The molecule has 3 aromatic rings. The van der Waals surface area contributed by atoms with Crippen molar-refractivity contribution in [1.29, 1.82) is 0 Å². The van der Waals surface area contributed by atoms with Crippen LogP contribution < -0.4 is 14.8 Å². The number of pyridine rings is 1. The number of methoxy groups -OCH3 is 1. The summed E-state index contributed by atoms with van der Waals surface area (Å²) in [7, 11) is -2.33. The molecule has 3 unspecified atom stereocenters. The largest absolute Gasteiger partial charge is 0.493 e. The number of furan rings is 1. The van der Waals surface area contributed by atoms with Gasteiger partial charge in [0.25, 0.3) is 5.95 Å². The van der Waals surface area contributed by atoms with Gasteiger partial charge in [-0.05, 0) is 36.5 Å². The van der Waals surface area contributed by atoms with Crippen molar-refractivity contribution in [3.05, 3.63) is 54.4 Å². The van der Waals surface area contributed by atoms with Crippen molar-refractivity contribution in [2.75, 3.05) is 20.2 Å². The predicted octanol–water partition coefficient (Wildman–Crippen LogP) is 2.72. The van der Waals surface area contributed by atoms with E-state index >= 15 is 0 Å². The van der Waals surface area contributed by atoms with Crippen LogP contribution >= 0.6 is 0 Å². The van der Waals surface area contributed by atoms with Gasteiger partial charge in [-0.25, -0.2) is 13.2 Å². The summed E-state index contributed by atoms with van der Waals surface area (Å²) >= 11 is 0. The van der Waals surface area contributed by atoms with Crippen LogP contribution in [0.1, 0.15) is 32.3 Å². The number of Topliss-reactive ketones (excluding diaryl/α,β-unsaturated/α-hetero) is 1. The Morgan fingerprint density at radius 2 is 2.02 bits per heavy atom. The summed E-state index contributed by atoms with van der Waals surface area (Å²) in [6.07, 6.45) is 2.73. The number of hydrogen-bond donors (Lipinski definition) is 1. The third kappa shape index (κ3) is 5.91. The normalized spacial score (nSPS) is 19.9. The van der Waals surface area contributed by atoms with Gasteiger partial charge in [-0.3, -0.25) is 14.6 Å². The Kier molecular flexibility index (Phi) is 8.00. The number of rotatable bonds is 9. The molecule has 41 heavy (non-hydrogen) atoms. The summed E-state index contributed by atoms with van der Waals surface area (Å²) in [5.41, 5.74) is 0.926. The van der Waals surface area contributed by atoms with Crippen molar-refractivity contribution < 1.29 is 36.7 Å². The number of ketones is 1. The van der Waals surface area contributed by atoms with Crippen LogP contribution in [0.2, 0.25) is 0 Å². The number of likely N-dealkylation sites (tertiary alicyclic amines) is 1. The molecular weight excluding hydrogens is 552 g/mol. The summed E-state index contributed by atoms with van der Waals surface area (Å²) in [6.45, 7) is 3.69. The standard InChI is InChI=1S/C28H32N4O8S/c1-17(2)12-20(30-28(35)40-24-13-19-7-4-8-23(38-3)26(19)39-24)27(34)31-11-9-21-25(31)22(33)15-32(21)41(36,37)16-18-6-5-10-29-14-18/h4-8,10,13-14,17,20-21,25H,9,11-12,15-16H2,1-3H3,(H,30,35). The lowest BCUT2D eigenvalue weighted by molar-refractivity contribution is -0.138. The highest BCUT2D eigenvalue weighted by atomic mass is 32.2. The van der Waals surface area contributed by atoms with Gasteiger partial charge >= 0.3 is 6.09 Å². The number of carbonyl (C=O) groups excluding carboxylic acids is 3. The van der Waals surface area contributed by atoms with E-state index in [2.05, 4.69) is 10.3 Å². The molecule has 0 bridgehead atoms. The Bertz CT molecular complexity index is 1560. The monoisotopic (exact) mass is 584 g/mol. The van der Waals surface area contributed by atoms with E-state index in [1.165, 1.54) is 22.5 Å². The Balaban J connectivity index is 1.29. The maximum absolute atomic E-state index is 13.7. The summed E-state index contributed by atoms with van der Waals surface area (Å²) < 4.78 is 43.9. The van der Waals surface area contributed by atoms with Crippen LogP contribution in [0.4, 0.5) is 4.79 Å². The van der Waals surface area contributed by atoms with Crippen LogP contribution in [0.3, 0.4) is 0 Å². The summed E-state index contributed by atoms with van der Waals surface area (Å²) in [5.74, 6) is -0.672. The zero-order valence-electron chi connectivity index (χ0n) is 23.0. The number of fused-ring (bicyclic) bond motifs is 2. The van der Waals surface area contributed by atoms with Crippen LogP contribution in [0, 0.1) is 5.92 Å². The molecule has 3 atom stereocenters. The van der Waals surface area contributed by atoms with Crippen molar-refractivity contribution in [2.24, 2.45) is 5.92 Å². The van der Waals surface area contributed by atoms with Crippen molar-refractivity contribution in [3.8, 4) is 11.7 Å². The fourth-order valence-electron chi connectivity index (χ4n) is 5.54. The van der Waals surface area contributed by atoms with E-state index in [0.29, 0.717) is 28.7 Å². The zero-order chi connectivity index (χ0) is 29.3. The number of hydrogen-bond acceptors (Lipinski definition) is 9. The number of amides is 2. The SMILES string of the molecule is COc1cccc2cc(OC(=O)NC(CC(C)C)C(=O)N3CCC4C3C(=O)CN4S(=O)(=O)Cc3cccnc3)oc12. The molecule has 2 aromatic heterocycles. The smallest absolute Gasteiger partial charge is 0.415 e. The molecule has 13 heteroatoms. The lowest BCUT2D eigenvalue weighted by Gasteiger charge is -2.28. The first-order chi connectivity index (χ1) is 19.6. The second-order valence-electron chi connectivity index (χ2n) is 10.6. The Morgan fingerprint density at radius 1 is 1.22 bits per heavy atom. The van der Waals surface area contributed by atoms with Crippen LogP contribution in [0.25, 0.3) is 11.0 Å². The molecule has 2 saturated heterocycles. The lowest BCUT2D eigenvalue weighted by atomic mass is 10.0. The van der Waals surface area contributed by atoms with E-state index in [9.17, 15) is 22.8 Å². The predicted molar refractivity (Wildman–Crippen MR) is 148 cm³/mol. The van der Waals surface area contributed by atoms with Gasteiger partial charge in [-0.1, -0.05) is 32.0 Å². The highest BCUT2D eigenvalue weighted by Gasteiger charge is 2.54. The quantitative estimate of drug-likeness (QED) is 0.401. The minimum Gasteiger partial charge on any atom is -0.493 e. The fraction of sp³-hybridized carbons (Fsp3) is 0.429. The molecule has 12 nitrogen and oxygen atoms in total. The van der Waals surface area contributed by atoms with Gasteiger partial charge in [0.05, 0.1) is 25.4 Å². The molecule has 1 N–H and O–H groups in total. The Hall–Kier alpha value is -3.97. The molecule has 0 saturated carbocycles. The van der Waals surface area contributed by atoms with E-state index in [1.54, 1.807) is 42.6 Å². The topological polar surface area (TPSA) is 148 Å². The average Bonchev–Trinajstić information content (AvgIpc) is 3.62. The first-order valence-electron chi connectivity index (χ1n) is 13.3. The highest BCUT2D eigenvalue weighted by Crippen LogP contribution is 2.34. The molecule has 0 radical (unpaired) electrons. The molecule has 218 valence electrons. The van der Waals surface area contributed by atoms with Crippen LogP contribution in [-0.4, -0.2) is 78.7 Å². The lowest BCUT2D eigenvalue weighted by Crippen LogP contribution is -2.53. The fourth-order valence-corrected chi connectivity index (χ4v) is 7.25. The molecule has 4 heterocycles. The van der Waals surface area contributed by atoms with Gasteiger partial charge in [0.15, 0.2) is 17.1 Å². The molecule has 1 aromatic carbocycles. The number of nitrogens with one attached hydrogen (secondary N) is 1. The van der Waals surface area contributed by atoms with Gasteiger partial charge in [-0.15, -0.1) is 0 Å². The number of para-hydroxylation sites is 1.